The Hall–Kier alpha value is -5.93. The lowest BCUT2D eigenvalue weighted by molar-refractivity contribution is 0.661. The van der Waals surface area contributed by atoms with Crippen LogP contribution in [0.15, 0.2) is 164 Å². The van der Waals surface area contributed by atoms with E-state index in [-0.39, 0.29) is 5.41 Å². The summed E-state index contributed by atoms with van der Waals surface area (Å²) >= 11 is 0. The topological polar surface area (TPSA) is 21.1 Å². The molecule has 0 fully saturated rings. The molecule has 47 heavy (non-hydrogen) atoms. The first-order valence-corrected chi connectivity index (χ1v) is 16.2. The second-order valence-electron chi connectivity index (χ2n) is 12.9. The highest BCUT2D eigenvalue weighted by atomic mass is 15.1. The highest BCUT2D eigenvalue weighted by Gasteiger charge is 2.36. The van der Waals surface area contributed by atoms with Gasteiger partial charge in [0.25, 0.3) is 0 Å². The second-order valence-corrected chi connectivity index (χ2v) is 12.9. The van der Waals surface area contributed by atoms with E-state index in [1.54, 1.807) is 0 Å². The Morgan fingerprint density at radius 1 is 0.511 bits per heavy atom. The van der Waals surface area contributed by atoms with Crippen LogP contribution in [0.5, 0.6) is 0 Å². The molecule has 3 nitrogen and oxygen atoms in total. The van der Waals surface area contributed by atoms with Gasteiger partial charge in [0.1, 0.15) is 0 Å². The Bertz CT molecular complexity index is 2380. The normalized spacial score (nSPS) is 13.1. The first-order valence-electron chi connectivity index (χ1n) is 16.2. The summed E-state index contributed by atoms with van der Waals surface area (Å²) in [5, 5.41) is 2.47. The molecule has 1 aliphatic carbocycles. The Labute approximate surface area is 275 Å². The smallest absolute Gasteiger partial charge is 0.0702 e. The molecule has 9 rings (SSSR count). The minimum atomic E-state index is -0.0974. The maximum absolute atomic E-state index is 4.66. The van der Waals surface area contributed by atoms with Gasteiger partial charge in [-0.25, -0.2) is 0 Å². The molecule has 0 bridgehead atoms. The van der Waals surface area contributed by atoms with E-state index in [4.69, 9.17) is 0 Å². The summed E-state index contributed by atoms with van der Waals surface area (Å²) in [4.78, 5) is 7.00. The van der Waals surface area contributed by atoms with Crippen LogP contribution in [0, 0.1) is 0 Å². The lowest BCUT2D eigenvalue weighted by atomic mass is 9.82. The van der Waals surface area contributed by atoms with E-state index in [9.17, 15) is 0 Å². The van der Waals surface area contributed by atoms with E-state index in [2.05, 4.69) is 174 Å². The average Bonchev–Trinajstić information content (AvgIpc) is 3.56. The van der Waals surface area contributed by atoms with Crippen LogP contribution in [0.1, 0.15) is 25.0 Å². The molecule has 1 aliphatic rings. The van der Waals surface area contributed by atoms with Gasteiger partial charge in [0.05, 0.1) is 16.7 Å². The third-order valence-electron chi connectivity index (χ3n) is 9.80. The molecule has 224 valence electrons. The Morgan fingerprint density at radius 3 is 1.96 bits per heavy atom. The number of anilines is 3. The highest BCUT2D eigenvalue weighted by Crippen LogP contribution is 2.51. The first kappa shape index (κ1) is 27.4. The predicted molar refractivity (Wildman–Crippen MR) is 196 cm³/mol. The molecular weight excluding hydrogens is 571 g/mol. The van der Waals surface area contributed by atoms with Crippen LogP contribution in [-0.2, 0) is 5.41 Å². The number of aromatic nitrogens is 2. The van der Waals surface area contributed by atoms with Gasteiger partial charge in [-0.1, -0.05) is 92.7 Å². The minimum absolute atomic E-state index is 0.0974. The molecule has 0 N–H and O–H groups in total. The third-order valence-corrected chi connectivity index (χ3v) is 9.80. The van der Waals surface area contributed by atoms with Crippen molar-refractivity contribution in [1.29, 1.82) is 0 Å². The van der Waals surface area contributed by atoms with Gasteiger partial charge in [0, 0.05) is 50.7 Å². The number of hydrogen-bond donors (Lipinski definition) is 0. The van der Waals surface area contributed by atoms with E-state index < -0.39 is 0 Å². The molecule has 0 spiro atoms. The zero-order chi connectivity index (χ0) is 31.5. The van der Waals surface area contributed by atoms with Crippen LogP contribution in [0.4, 0.5) is 17.1 Å². The zero-order valence-corrected chi connectivity index (χ0v) is 26.4. The van der Waals surface area contributed by atoms with Gasteiger partial charge in [-0.2, -0.15) is 0 Å². The van der Waals surface area contributed by atoms with Gasteiger partial charge >= 0.3 is 0 Å². The fourth-order valence-corrected chi connectivity index (χ4v) is 7.56. The Kier molecular flexibility index (Phi) is 6.16. The molecule has 0 atom stereocenters. The van der Waals surface area contributed by atoms with Crippen LogP contribution in [0.25, 0.3) is 49.9 Å². The molecule has 0 saturated heterocycles. The lowest BCUT2D eigenvalue weighted by Crippen LogP contribution is -2.14. The molecule has 0 amide bonds. The average molecular weight is 604 g/mol. The van der Waals surface area contributed by atoms with Crippen molar-refractivity contribution in [3.63, 3.8) is 0 Å². The molecule has 3 heteroatoms. The number of rotatable bonds is 5. The van der Waals surface area contributed by atoms with E-state index in [1.165, 1.54) is 44.1 Å². The van der Waals surface area contributed by atoms with Gasteiger partial charge < -0.3 is 9.47 Å². The van der Waals surface area contributed by atoms with Crippen molar-refractivity contribution in [3.05, 3.63) is 175 Å². The van der Waals surface area contributed by atoms with Crippen molar-refractivity contribution in [1.82, 2.24) is 9.55 Å². The van der Waals surface area contributed by atoms with Crippen molar-refractivity contribution in [2.75, 3.05) is 4.90 Å². The van der Waals surface area contributed by atoms with Crippen molar-refractivity contribution < 1.29 is 0 Å². The summed E-state index contributed by atoms with van der Waals surface area (Å²) in [5.74, 6) is 0. The number of benzene rings is 6. The van der Waals surface area contributed by atoms with Gasteiger partial charge in [0.2, 0.25) is 0 Å². The Balaban J connectivity index is 1.34. The SMILES string of the molecule is CC1(C)c2ccccc2-c2cc3c4cc(N(c5ccccc5)c5ccccc5)ccc4n(-c4cccc(-c5ccccn5)c4)c3cc21. The summed E-state index contributed by atoms with van der Waals surface area (Å²) in [5.41, 5.74) is 14.3. The molecule has 0 saturated carbocycles. The van der Waals surface area contributed by atoms with E-state index in [0.29, 0.717) is 0 Å². The van der Waals surface area contributed by atoms with Crippen LogP contribution in [-0.4, -0.2) is 9.55 Å². The minimum Gasteiger partial charge on any atom is -0.310 e. The molecule has 0 aliphatic heterocycles. The first-order chi connectivity index (χ1) is 23.1. The monoisotopic (exact) mass is 603 g/mol. The summed E-state index contributed by atoms with van der Waals surface area (Å²) < 4.78 is 2.44. The predicted octanol–water partition coefficient (Wildman–Crippen LogP) is 11.6. The van der Waals surface area contributed by atoms with Gasteiger partial charge in [-0.3, -0.25) is 4.98 Å². The van der Waals surface area contributed by atoms with Crippen molar-refractivity contribution >= 4 is 38.9 Å². The quantitative estimate of drug-likeness (QED) is 0.195. The van der Waals surface area contributed by atoms with E-state index in [1.807, 2.05) is 18.3 Å². The second kappa shape index (κ2) is 10.6. The van der Waals surface area contributed by atoms with Gasteiger partial charge in [0.15, 0.2) is 0 Å². The molecule has 8 aromatic rings. The number of fused-ring (bicyclic) bond motifs is 6. The van der Waals surface area contributed by atoms with Crippen molar-refractivity contribution in [3.8, 4) is 28.1 Å². The molecular formula is C44H33N3. The lowest BCUT2D eigenvalue weighted by Gasteiger charge is -2.25. The van der Waals surface area contributed by atoms with E-state index in [0.717, 1.165) is 34.0 Å². The maximum Gasteiger partial charge on any atom is 0.0702 e. The zero-order valence-electron chi connectivity index (χ0n) is 26.4. The summed E-state index contributed by atoms with van der Waals surface area (Å²) in [6.07, 6.45) is 1.86. The molecule has 0 unspecified atom stereocenters. The largest absolute Gasteiger partial charge is 0.310 e. The number of hydrogen-bond acceptors (Lipinski definition) is 2. The number of para-hydroxylation sites is 2. The van der Waals surface area contributed by atoms with Crippen LogP contribution < -0.4 is 4.90 Å². The van der Waals surface area contributed by atoms with Crippen LogP contribution in [0.3, 0.4) is 0 Å². The molecule has 2 heterocycles. The van der Waals surface area contributed by atoms with Crippen molar-refractivity contribution in [2.45, 2.75) is 19.3 Å². The van der Waals surface area contributed by atoms with Crippen molar-refractivity contribution in [2.24, 2.45) is 0 Å². The summed E-state index contributed by atoms with van der Waals surface area (Å²) in [7, 11) is 0. The number of pyridine rings is 1. The standard InChI is InChI=1S/C44H33N3/c1-44(2)39-21-10-9-20-35(39)36-28-38-37-27-34(46(31-15-5-3-6-16-31)32-17-7-4-8-18-32)23-24-42(37)47(43(38)29-40(36)44)33-19-13-14-30(26-33)41-22-11-12-25-45-41/h3-29H,1-2H3. The Morgan fingerprint density at radius 2 is 1.21 bits per heavy atom. The third kappa shape index (κ3) is 4.31. The van der Waals surface area contributed by atoms with E-state index >= 15 is 0 Å². The summed E-state index contributed by atoms with van der Waals surface area (Å²) in [6, 6.07) is 56.8. The fourth-order valence-electron chi connectivity index (χ4n) is 7.56. The van der Waals surface area contributed by atoms with Gasteiger partial charge in [-0.05, 0) is 101 Å². The molecule has 2 aromatic heterocycles. The van der Waals surface area contributed by atoms with Gasteiger partial charge in [-0.15, -0.1) is 0 Å². The highest BCUT2D eigenvalue weighted by molar-refractivity contribution is 6.13. The summed E-state index contributed by atoms with van der Waals surface area (Å²) in [6.45, 7) is 4.71. The molecule has 6 aromatic carbocycles. The maximum atomic E-state index is 4.66. The fraction of sp³-hybridized carbons (Fsp3) is 0.0682. The van der Waals surface area contributed by atoms with Crippen LogP contribution >= 0.6 is 0 Å². The molecule has 0 radical (unpaired) electrons. The van der Waals surface area contributed by atoms with Crippen LogP contribution in [0.2, 0.25) is 0 Å². The number of nitrogens with zero attached hydrogens (tertiary/aromatic N) is 3.